The van der Waals surface area contributed by atoms with Crippen LogP contribution >= 0.6 is 11.3 Å². The normalized spacial score (nSPS) is 12.1. The van der Waals surface area contributed by atoms with Gasteiger partial charge < -0.3 is 9.73 Å². The minimum Gasteiger partial charge on any atom is -0.420 e. The van der Waals surface area contributed by atoms with Crippen molar-refractivity contribution >= 4 is 22.9 Å². The summed E-state index contributed by atoms with van der Waals surface area (Å²) in [5, 5.41) is 10.8. The topological polar surface area (TPSA) is 68.0 Å². The molecule has 0 saturated carbocycles. The predicted octanol–water partition coefficient (Wildman–Crippen LogP) is 4.16. The summed E-state index contributed by atoms with van der Waals surface area (Å²) in [6.07, 6.45) is 0. The zero-order valence-electron chi connectivity index (χ0n) is 13.2. The Labute approximate surface area is 138 Å². The first-order valence-corrected chi connectivity index (χ1v) is 8.13. The third-order valence-corrected chi connectivity index (χ3v) is 4.64. The Morgan fingerprint density at radius 3 is 2.61 bits per heavy atom. The van der Waals surface area contributed by atoms with E-state index in [1.54, 1.807) is 6.92 Å². The predicted molar refractivity (Wildman–Crippen MR) is 90.6 cm³/mol. The number of nitrogens with one attached hydrogen (secondary N) is 1. The highest BCUT2D eigenvalue weighted by atomic mass is 32.1. The summed E-state index contributed by atoms with van der Waals surface area (Å²) < 4.78 is 5.44. The lowest BCUT2D eigenvalue weighted by molar-refractivity contribution is -0.117. The Hall–Kier alpha value is -2.47. The molecule has 23 heavy (non-hydrogen) atoms. The summed E-state index contributed by atoms with van der Waals surface area (Å²) in [7, 11) is 0. The van der Waals surface area contributed by atoms with Gasteiger partial charge in [0.15, 0.2) is 0 Å². The fourth-order valence-corrected chi connectivity index (χ4v) is 3.14. The summed E-state index contributed by atoms with van der Waals surface area (Å²) in [6.45, 7) is 5.61. The number of carbonyl (C=O) groups excluding carboxylic acids is 1. The molecule has 6 heteroatoms. The van der Waals surface area contributed by atoms with Gasteiger partial charge in [0.1, 0.15) is 0 Å². The van der Waals surface area contributed by atoms with Gasteiger partial charge in [0.25, 0.3) is 5.89 Å². The fraction of sp³-hybridized carbons (Fsp3) is 0.235. The van der Waals surface area contributed by atoms with Gasteiger partial charge in [-0.1, -0.05) is 30.3 Å². The Bertz CT molecular complexity index is 823. The van der Waals surface area contributed by atoms with E-state index in [2.05, 4.69) is 15.5 Å². The highest BCUT2D eigenvalue weighted by molar-refractivity contribution is 7.15. The third kappa shape index (κ3) is 3.32. The summed E-state index contributed by atoms with van der Waals surface area (Å²) in [4.78, 5) is 14.3. The molecular weight excluding hydrogens is 310 g/mol. The van der Waals surface area contributed by atoms with E-state index in [1.807, 2.05) is 50.2 Å². The minimum absolute atomic E-state index is 0.0367. The van der Waals surface area contributed by atoms with Crippen LogP contribution in [0.1, 0.15) is 29.2 Å². The molecule has 3 aromatic rings. The van der Waals surface area contributed by atoms with E-state index in [-0.39, 0.29) is 11.8 Å². The molecule has 1 amide bonds. The van der Waals surface area contributed by atoms with Crippen molar-refractivity contribution < 1.29 is 9.21 Å². The Morgan fingerprint density at radius 1 is 1.22 bits per heavy atom. The average Bonchev–Trinajstić information content (AvgIpc) is 3.14. The van der Waals surface area contributed by atoms with Crippen LogP contribution in [0.25, 0.3) is 10.8 Å². The molecule has 118 valence electrons. The third-order valence-electron chi connectivity index (χ3n) is 3.61. The van der Waals surface area contributed by atoms with Crippen molar-refractivity contribution in [2.75, 3.05) is 5.32 Å². The first-order chi connectivity index (χ1) is 11.0. The van der Waals surface area contributed by atoms with Crippen LogP contribution in [0.3, 0.4) is 0 Å². The molecule has 3 rings (SSSR count). The van der Waals surface area contributed by atoms with Crippen LogP contribution in [0.4, 0.5) is 5.69 Å². The SMILES string of the molecule is Cc1nnc(-c2cc(NC(=O)C(C)c3ccccc3)c(C)s2)o1. The van der Waals surface area contributed by atoms with E-state index in [0.717, 1.165) is 21.0 Å². The maximum absolute atomic E-state index is 12.5. The number of hydrogen-bond donors (Lipinski definition) is 1. The van der Waals surface area contributed by atoms with E-state index in [1.165, 1.54) is 11.3 Å². The minimum atomic E-state index is -0.218. The van der Waals surface area contributed by atoms with Gasteiger partial charge in [-0.25, -0.2) is 0 Å². The number of hydrogen-bond acceptors (Lipinski definition) is 5. The Kier molecular flexibility index (Phi) is 4.25. The molecular formula is C17H17N3O2S. The second-order valence-corrected chi connectivity index (χ2v) is 6.58. The van der Waals surface area contributed by atoms with Gasteiger partial charge in [0.05, 0.1) is 16.5 Å². The highest BCUT2D eigenvalue weighted by Crippen LogP contribution is 2.34. The van der Waals surface area contributed by atoms with Crippen LogP contribution < -0.4 is 5.32 Å². The second-order valence-electron chi connectivity index (χ2n) is 5.33. The molecule has 1 N–H and O–H groups in total. The molecule has 0 aliphatic carbocycles. The molecule has 2 aromatic heterocycles. The number of aromatic nitrogens is 2. The van der Waals surface area contributed by atoms with Gasteiger partial charge in [-0.05, 0) is 25.5 Å². The summed E-state index contributed by atoms with van der Waals surface area (Å²) in [6, 6.07) is 11.6. The first kappa shape index (κ1) is 15.4. The van der Waals surface area contributed by atoms with E-state index in [0.29, 0.717) is 11.8 Å². The largest absolute Gasteiger partial charge is 0.420 e. The molecule has 1 unspecified atom stereocenters. The van der Waals surface area contributed by atoms with Gasteiger partial charge in [-0.2, -0.15) is 0 Å². The Balaban J connectivity index is 1.78. The monoisotopic (exact) mass is 327 g/mol. The number of anilines is 1. The molecule has 0 radical (unpaired) electrons. The molecule has 0 aliphatic rings. The number of amides is 1. The van der Waals surface area contributed by atoms with Crippen molar-refractivity contribution in [3.05, 3.63) is 52.7 Å². The van der Waals surface area contributed by atoms with Crippen molar-refractivity contribution in [1.82, 2.24) is 10.2 Å². The molecule has 5 nitrogen and oxygen atoms in total. The van der Waals surface area contributed by atoms with Crippen LogP contribution in [-0.4, -0.2) is 16.1 Å². The number of aryl methyl sites for hydroxylation is 2. The van der Waals surface area contributed by atoms with Crippen molar-refractivity contribution in [2.45, 2.75) is 26.7 Å². The highest BCUT2D eigenvalue weighted by Gasteiger charge is 2.18. The molecule has 0 aliphatic heterocycles. The molecule has 2 heterocycles. The maximum Gasteiger partial charge on any atom is 0.257 e. The summed E-state index contributed by atoms with van der Waals surface area (Å²) in [5.74, 6) is 0.747. The lowest BCUT2D eigenvalue weighted by Gasteiger charge is -2.12. The lowest BCUT2D eigenvalue weighted by atomic mass is 10.0. The van der Waals surface area contributed by atoms with Crippen LogP contribution in [0, 0.1) is 13.8 Å². The molecule has 0 fully saturated rings. The van der Waals surface area contributed by atoms with Gasteiger partial charge >= 0.3 is 0 Å². The summed E-state index contributed by atoms with van der Waals surface area (Å²) >= 11 is 1.52. The van der Waals surface area contributed by atoms with Gasteiger partial charge in [-0.3, -0.25) is 4.79 Å². The molecule has 0 saturated heterocycles. The smallest absolute Gasteiger partial charge is 0.257 e. The van der Waals surface area contributed by atoms with E-state index in [9.17, 15) is 4.79 Å². The Morgan fingerprint density at radius 2 is 1.96 bits per heavy atom. The molecule has 0 spiro atoms. The molecule has 1 atom stereocenters. The quantitative estimate of drug-likeness (QED) is 0.781. The zero-order valence-corrected chi connectivity index (χ0v) is 14.0. The van der Waals surface area contributed by atoms with E-state index in [4.69, 9.17) is 4.42 Å². The van der Waals surface area contributed by atoms with Crippen molar-refractivity contribution in [3.63, 3.8) is 0 Å². The van der Waals surface area contributed by atoms with Crippen LogP contribution in [0.5, 0.6) is 0 Å². The van der Waals surface area contributed by atoms with Crippen molar-refractivity contribution in [1.29, 1.82) is 0 Å². The number of thiophene rings is 1. The molecule has 0 bridgehead atoms. The summed E-state index contributed by atoms with van der Waals surface area (Å²) in [5.41, 5.74) is 1.78. The fourth-order valence-electron chi connectivity index (χ4n) is 2.24. The average molecular weight is 327 g/mol. The van der Waals surface area contributed by atoms with Crippen molar-refractivity contribution in [2.24, 2.45) is 0 Å². The number of nitrogens with zero attached hydrogens (tertiary/aromatic N) is 2. The standard InChI is InChI=1S/C17H17N3O2S/c1-10(13-7-5-4-6-8-13)16(21)18-14-9-15(23-11(14)2)17-20-19-12(3)22-17/h4-10H,1-3H3,(H,18,21). The lowest BCUT2D eigenvalue weighted by Crippen LogP contribution is -2.18. The van der Waals surface area contributed by atoms with E-state index < -0.39 is 0 Å². The van der Waals surface area contributed by atoms with Crippen LogP contribution in [0.2, 0.25) is 0 Å². The number of carbonyl (C=O) groups is 1. The maximum atomic E-state index is 12.5. The van der Waals surface area contributed by atoms with E-state index >= 15 is 0 Å². The van der Waals surface area contributed by atoms with Gasteiger partial charge in [-0.15, -0.1) is 21.5 Å². The van der Waals surface area contributed by atoms with Gasteiger partial charge in [0, 0.05) is 11.8 Å². The van der Waals surface area contributed by atoms with Crippen molar-refractivity contribution in [3.8, 4) is 10.8 Å². The number of rotatable bonds is 4. The number of benzene rings is 1. The van der Waals surface area contributed by atoms with Crippen LogP contribution in [0.15, 0.2) is 40.8 Å². The van der Waals surface area contributed by atoms with Gasteiger partial charge in [0.2, 0.25) is 11.8 Å². The first-order valence-electron chi connectivity index (χ1n) is 7.31. The zero-order chi connectivity index (χ0) is 16.4. The molecule has 1 aromatic carbocycles. The second kappa shape index (κ2) is 6.34. The van der Waals surface area contributed by atoms with Crippen LogP contribution in [-0.2, 0) is 4.79 Å².